The molecule has 0 bridgehead atoms. The molecule has 1 aromatic rings. The third kappa shape index (κ3) is 2.58. The first-order chi connectivity index (χ1) is 7.26. The van der Waals surface area contributed by atoms with E-state index < -0.39 is 0 Å². The van der Waals surface area contributed by atoms with Gasteiger partial charge in [-0.1, -0.05) is 19.9 Å². The van der Waals surface area contributed by atoms with E-state index in [1.807, 2.05) is 18.2 Å². The molecule has 0 aliphatic heterocycles. The van der Waals surface area contributed by atoms with Gasteiger partial charge in [-0.05, 0) is 36.5 Å². The number of ether oxygens (including phenoxy) is 1. The average Bonchev–Trinajstić information content (AvgIpc) is 2.30. The van der Waals surface area contributed by atoms with E-state index in [2.05, 4.69) is 13.8 Å². The molecule has 0 saturated heterocycles. The molecule has 0 amide bonds. The molecule has 1 aromatic carbocycles. The Morgan fingerprint density at radius 3 is 2.47 bits per heavy atom. The van der Waals surface area contributed by atoms with Crippen molar-refractivity contribution in [2.24, 2.45) is 0 Å². The van der Waals surface area contributed by atoms with Gasteiger partial charge in [-0.25, -0.2) is 0 Å². The minimum absolute atomic E-state index is 0.537. The third-order valence-corrected chi connectivity index (χ3v) is 2.84. The molecule has 0 aliphatic carbocycles. The highest BCUT2D eigenvalue weighted by molar-refractivity contribution is 5.79. The molecule has 0 atom stereocenters. The number of methoxy groups -OCH3 is 1. The van der Waals surface area contributed by atoms with Crippen LogP contribution >= 0.6 is 0 Å². The van der Waals surface area contributed by atoms with Crippen molar-refractivity contribution in [1.82, 2.24) is 0 Å². The van der Waals surface area contributed by atoms with Gasteiger partial charge in [0.05, 0.1) is 12.7 Å². The second-order valence-electron chi connectivity index (χ2n) is 3.63. The first-order valence-electron chi connectivity index (χ1n) is 5.39. The van der Waals surface area contributed by atoms with Gasteiger partial charge in [0.2, 0.25) is 0 Å². The van der Waals surface area contributed by atoms with Crippen LogP contribution < -0.4 is 4.74 Å². The number of carbonyl (C=O) groups excluding carboxylic acids is 1. The summed E-state index contributed by atoms with van der Waals surface area (Å²) >= 11 is 0. The minimum Gasteiger partial charge on any atom is -0.496 e. The maximum Gasteiger partial charge on any atom is 0.153 e. The van der Waals surface area contributed by atoms with Crippen LogP contribution in [0.2, 0.25) is 0 Å². The first-order valence-corrected chi connectivity index (χ1v) is 5.39. The summed E-state index contributed by atoms with van der Waals surface area (Å²) in [6, 6.07) is 5.85. The zero-order valence-electron chi connectivity index (χ0n) is 9.62. The SMILES string of the molecule is CCC(CC)c1ccc(OC)c(C=O)c1. The van der Waals surface area contributed by atoms with Crippen LogP contribution in [0.3, 0.4) is 0 Å². The van der Waals surface area contributed by atoms with Crippen LogP contribution in [0.5, 0.6) is 5.75 Å². The van der Waals surface area contributed by atoms with Crippen molar-refractivity contribution in [2.45, 2.75) is 32.6 Å². The summed E-state index contributed by atoms with van der Waals surface area (Å²) in [5.74, 6) is 1.19. The van der Waals surface area contributed by atoms with Crippen molar-refractivity contribution in [3.8, 4) is 5.75 Å². The Bertz CT molecular complexity index is 327. The smallest absolute Gasteiger partial charge is 0.153 e. The summed E-state index contributed by atoms with van der Waals surface area (Å²) in [6.45, 7) is 4.33. The lowest BCUT2D eigenvalue weighted by atomic mass is 9.93. The number of hydrogen-bond acceptors (Lipinski definition) is 2. The molecule has 0 N–H and O–H groups in total. The summed E-state index contributed by atoms with van der Waals surface area (Å²) in [5, 5.41) is 0. The number of carbonyl (C=O) groups is 1. The van der Waals surface area contributed by atoms with Crippen molar-refractivity contribution >= 4 is 6.29 Å². The molecule has 0 radical (unpaired) electrons. The Labute approximate surface area is 91.3 Å². The van der Waals surface area contributed by atoms with Gasteiger partial charge in [0.25, 0.3) is 0 Å². The summed E-state index contributed by atoms with van der Waals surface area (Å²) in [6.07, 6.45) is 3.05. The van der Waals surface area contributed by atoms with Crippen molar-refractivity contribution < 1.29 is 9.53 Å². The van der Waals surface area contributed by atoms with E-state index in [1.165, 1.54) is 5.56 Å². The molecule has 0 fully saturated rings. The van der Waals surface area contributed by atoms with Gasteiger partial charge in [0.15, 0.2) is 6.29 Å². The van der Waals surface area contributed by atoms with E-state index >= 15 is 0 Å². The Balaban J connectivity index is 3.06. The second-order valence-corrected chi connectivity index (χ2v) is 3.63. The Hall–Kier alpha value is -1.31. The van der Waals surface area contributed by atoms with Crippen LogP contribution in [-0.2, 0) is 0 Å². The van der Waals surface area contributed by atoms with E-state index in [0.29, 0.717) is 17.2 Å². The molecule has 0 heterocycles. The summed E-state index contributed by atoms with van der Waals surface area (Å²) in [5.41, 5.74) is 1.87. The van der Waals surface area contributed by atoms with Gasteiger partial charge in [-0.3, -0.25) is 4.79 Å². The van der Waals surface area contributed by atoms with Crippen LogP contribution in [0.1, 0.15) is 48.5 Å². The number of aldehydes is 1. The van der Waals surface area contributed by atoms with E-state index in [1.54, 1.807) is 7.11 Å². The largest absolute Gasteiger partial charge is 0.496 e. The molecule has 0 unspecified atom stereocenters. The molecule has 82 valence electrons. The molecule has 0 aromatic heterocycles. The number of hydrogen-bond donors (Lipinski definition) is 0. The summed E-state index contributed by atoms with van der Waals surface area (Å²) in [4.78, 5) is 10.9. The van der Waals surface area contributed by atoms with Crippen LogP contribution in [-0.4, -0.2) is 13.4 Å². The highest BCUT2D eigenvalue weighted by atomic mass is 16.5. The molecule has 0 saturated carbocycles. The molecule has 0 spiro atoms. The fraction of sp³-hybridized carbons (Fsp3) is 0.462. The third-order valence-electron chi connectivity index (χ3n) is 2.84. The molecule has 2 heteroatoms. The first kappa shape index (κ1) is 11.8. The molecule has 2 nitrogen and oxygen atoms in total. The fourth-order valence-electron chi connectivity index (χ4n) is 1.86. The number of rotatable bonds is 5. The van der Waals surface area contributed by atoms with Crippen LogP contribution in [0, 0.1) is 0 Å². The van der Waals surface area contributed by atoms with Crippen molar-refractivity contribution in [3.05, 3.63) is 29.3 Å². The van der Waals surface area contributed by atoms with Crippen molar-refractivity contribution in [3.63, 3.8) is 0 Å². The summed E-state index contributed by atoms with van der Waals surface area (Å²) in [7, 11) is 1.58. The average molecular weight is 206 g/mol. The van der Waals surface area contributed by atoms with Crippen LogP contribution in [0.25, 0.3) is 0 Å². The van der Waals surface area contributed by atoms with Crippen LogP contribution in [0.4, 0.5) is 0 Å². The highest BCUT2D eigenvalue weighted by Gasteiger charge is 2.09. The van der Waals surface area contributed by atoms with Crippen molar-refractivity contribution in [1.29, 1.82) is 0 Å². The monoisotopic (exact) mass is 206 g/mol. The van der Waals surface area contributed by atoms with E-state index in [4.69, 9.17) is 4.74 Å². The Morgan fingerprint density at radius 2 is 2.00 bits per heavy atom. The molecular weight excluding hydrogens is 188 g/mol. The number of benzene rings is 1. The maximum absolute atomic E-state index is 10.9. The Kier molecular flexibility index (Phi) is 4.35. The van der Waals surface area contributed by atoms with Gasteiger partial charge >= 0.3 is 0 Å². The normalized spacial score (nSPS) is 10.4. The Morgan fingerprint density at radius 1 is 1.33 bits per heavy atom. The van der Waals surface area contributed by atoms with Gasteiger partial charge < -0.3 is 4.74 Å². The lowest BCUT2D eigenvalue weighted by Gasteiger charge is -2.14. The quantitative estimate of drug-likeness (QED) is 0.690. The predicted octanol–water partition coefficient (Wildman–Crippen LogP) is 3.41. The van der Waals surface area contributed by atoms with Gasteiger partial charge in [0, 0.05) is 0 Å². The maximum atomic E-state index is 10.9. The topological polar surface area (TPSA) is 26.3 Å². The molecule has 15 heavy (non-hydrogen) atoms. The standard InChI is InChI=1S/C13H18O2/c1-4-10(5-2)11-6-7-13(15-3)12(8-11)9-14/h6-10H,4-5H2,1-3H3. The predicted molar refractivity (Wildman–Crippen MR) is 61.7 cm³/mol. The summed E-state index contributed by atoms with van der Waals surface area (Å²) < 4.78 is 5.11. The highest BCUT2D eigenvalue weighted by Crippen LogP contribution is 2.27. The lowest BCUT2D eigenvalue weighted by Crippen LogP contribution is -1.98. The molecule has 0 aliphatic rings. The van der Waals surface area contributed by atoms with Gasteiger partial charge in [-0.15, -0.1) is 0 Å². The molecule has 1 rings (SSSR count). The van der Waals surface area contributed by atoms with E-state index in [9.17, 15) is 4.79 Å². The fourth-order valence-corrected chi connectivity index (χ4v) is 1.86. The lowest BCUT2D eigenvalue weighted by molar-refractivity contribution is 0.112. The zero-order valence-corrected chi connectivity index (χ0v) is 9.62. The minimum atomic E-state index is 0.537. The van der Waals surface area contributed by atoms with Gasteiger partial charge in [-0.2, -0.15) is 0 Å². The van der Waals surface area contributed by atoms with E-state index in [0.717, 1.165) is 19.1 Å². The van der Waals surface area contributed by atoms with Crippen LogP contribution in [0.15, 0.2) is 18.2 Å². The van der Waals surface area contributed by atoms with Gasteiger partial charge in [0.1, 0.15) is 5.75 Å². The molecular formula is C13H18O2. The zero-order chi connectivity index (χ0) is 11.3. The van der Waals surface area contributed by atoms with Crippen molar-refractivity contribution in [2.75, 3.05) is 7.11 Å². The second kappa shape index (κ2) is 5.54. The van der Waals surface area contributed by atoms with E-state index in [-0.39, 0.29) is 0 Å².